The van der Waals surface area contributed by atoms with Gasteiger partial charge in [-0.1, -0.05) is 13.0 Å². The number of aliphatic imine (C=N–C) groups is 1. The molecule has 2 rings (SSSR count). The van der Waals surface area contributed by atoms with E-state index in [1.165, 1.54) is 10.6 Å². The van der Waals surface area contributed by atoms with Gasteiger partial charge in [0.25, 0.3) is 5.91 Å². The van der Waals surface area contributed by atoms with Crippen LogP contribution in [0.1, 0.15) is 31.4 Å². The van der Waals surface area contributed by atoms with Crippen LogP contribution in [0.3, 0.4) is 0 Å². The molecule has 1 aromatic rings. The number of hydrazone groups is 1. The number of hydrogen-bond donors (Lipinski definition) is 0. The summed E-state index contributed by atoms with van der Waals surface area (Å²) < 4.78 is 0. The molecule has 4 heteroatoms. The summed E-state index contributed by atoms with van der Waals surface area (Å²) in [5.41, 5.74) is 3.99. The minimum atomic E-state index is -0.317. The largest absolute Gasteiger partial charge is 0.296 e. The number of carbonyl (C=O) groups excluding carboxylic acids is 1. The molecule has 0 spiro atoms. The summed E-state index contributed by atoms with van der Waals surface area (Å²) in [6.45, 7) is 8.79. The molecule has 0 bridgehead atoms. The van der Waals surface area contributed by atoms with E-state index in [1.807, 2.05) is 32.0 Å². The zero-order valence-electron chi connectivity index (χ0n) is 12.6. The predicted octanol–water partition coefficient (Wildman–Crippen LogP) is 3.12. The third-order valence-electron chi connectivity index (χ3n) is 3.52. The van der Waals surface area contributed by atoms with Crippen LogP contribution in [0, 0.1) is 19.8 Å². The Bertz CT molecular complexity index is 575. The standard InChI is InChI=1S/C16H21N3O/c1-5-8-17-10-15-13(4)18-19(16(15)20)14-7-6-11(2)12(3)9-14/h6-7,9-10,15H,5,8H2,1-4H3. The molecule has 0 saturated carbocycles. The highest BCUT2D eigenvalue weighted by molar-refractivity contribution is 6.23. The van der Waals surface area contributed by atoms with Gasteiger partial charge in [0.05, 0.1) is 11.4 Å². The highest BCUT2D eigenvalue weighted by Gasteiger charge is 2.33. The first kappa shape index (κ1) is 14.4. The molecule has 1 aliphatic heterocycles. The van der Waals surface area contributed by atoms with Crippen molar-refractivity contribution in [3.05, 3.63) is 29.3 Å². The molecule has 1 aromatic carbocycles. The number of nitrogens with zero attached hydrogens (tertiary/aromatic N) is 3. The summed E-state index contributed by atoms with van der Waals surface area (Å²) >= 11 is 0. The second-order valence-electron chi connectivity index (χ2n) is 5.19. The number of amides is 1. The van der Waals surface area contributed by atoms with E-state index in [9.17, 15) is 4.79 Å². The second kappa shape index (κ2) is 5.99. The molecule has 0 fully saturated rings. The van der Waals surface area contributed by atoms with E-state index in [1.54, 1.807) is 6.21 Å². The van der Waals surface area contributed by atoms with Crippen LogP contribution in [-0.4, -0.2) is 24.4 Å². The Hall–Kier alpha value is -1.97. The van der Waals surface area contributed by atoms with Gasteiger partial charge < -0.3 is 0 Å². The summed E-state index contributed by atoms with van der Waals surface area (Å²) in [7, 11) is 0. The average molecular weight is 271 g/mol. The van der Waals surface area contributed by atoms with E-state index in [4.69, 9.17) is 0 Å². The van der Waals surface area contributed by atoms with Crippen molar-refractivity contribution in [1.82, 2.24) is 0 Å². The number of aryl methyl sites for hydroxylation is 2. The molecule has 1 unspecified atom stereocenters. The third kappa shape index (κ3) is 2.79. The normalized spacial score (nSPS) is 19.0. The first-order chi connectivity index (χ1) is 9.54. The van der Waals surface area contributed by atoms with Crippen LogP contribution < -0.4 is 5.01 Å². The van der Waals surface area contributed by atoms with Crippen LogP contribution in [0.2, 0.25) is 0 Å². The molecule has 20 heavy (non-hydrogen) atoms. The Morgan fingerprint density at radius 1 is 1.30 bits per heavy atom. The molecule has 4 nitrogen and oxygen atoms in total. The van der Waals surface area contributed by atoms with E-state index in [2.05, 4.69) is 23.9 Å². The zero-order valence-corrected chi connectivity index (χ0v) is 12.6. The minimum absolute atomic E-state index is 0.0226. The molecule has 1 aliphatic rings. The lowest BCUT2D eigenvalue weighted by molar-refractivity contribution is -0.118. The quantitative estimate of drug-likeness (QED) is 0.776. The first-order valence-electron chi connectivity index (χ1n) is 7.01. The van der Waals surface area contributed by atoms with E-state index in [-0.39, 0.29) is 11.8 Å². The smallest absolute Gasteiger partial charge is 0.261 e. The number of hydrogen-bond acceptors (Lipinski definition) is 3. The van der Waals surface area contributed by atoms with Gasteiger partial charge in [-0.2, -0.15) is 10.1 Å². The highest BCUT2D eigenvalue weighted by atomic mass is 16.2. The monoisotopic (exact) mass is 271 g/mol. The second-order valence-corrected chi connectivity index (χ2v) is 5.19. The van der Waals surface area contributed by atoms with Crippen molar-refractivity contribution in [2.45, 2.75) is 34.1 Å². The molecule has 0 N–H and O–H groups in total. The topological polar surface area (TPSA) is 45.0 Å². The van der Waals surface area contributed by atoms with Crippen LogP contribution in [0.5, 0.6) is 0 Å². The maximum atomic E-state index is 12.4. The summed E-state index contributed by atoms with van der Waals surface area (Å²) in [5.74, 6) is -0.339. The average Bonchev–Trinajstić information content (AvgIpc) is 2.70. The van der Waals surface area contributed by atoms with Crippen molar-refractivity contribution >= 4 is 23.5 Å². The van der Waals surface area contributed by atoms with Crippen molar-refractivity contribution in [3.8, 4) is 0 Å². The molecule has 1 heterocycles. The van der Waals surface area contributed by atoms with Gasteiger partial charge in [0.2, 0.25) is 0 Å². The summed E-state index contributed by atoms with van der Waals surface area (Å²) in [6.07, 6.45) is 2.71. The van der Waals surface area contributed by atoms with Crippen LogP contribution >= 0.6 is 0 Å². The lowest BCUT2D eigenvalue weighted by Crippen LogP contribution is -2.28. The van der Waals surface area contributed by atoms with E-state index in [0.29, 0.717) is 0 Å². The van der Waals surface area contributed by atoms with Gasteiger partial charge in [0.1, 0.15) is 5.92 Å². The lowest BCUT2D eigenvalue weighted by atomic mass is 10.1. The van der Waals surface area contributed by atoms with Crippen molar-refractivity contribution < 1.29 is 4.79 Å². The molecular weight excluding hydrogens is 250 g/mol. The SMILES string of the molecule is CCCN=CC1C(=O)N(c2ccc(C)c(C)c2)N=C1C. The fraction of sp³-hybridized carbons (Fsp3) is 0.438. The Morgan fingerprint density at radius 3 is 2.70 bits per heavy atom. The Morgan fingerprint density at radius 2 is 2.05 bits per heavy atom. The van der Waals surface area contributed by atoms with E-state index in [0.717, 1.165) is 29.9 Å². The third-order valence-corrected chi connectivity index (χ3v) is 3.52. The van der Waals surface area contributed by atoms with Gasteiger partial charge in [0, 0.05) is 12.8 Å². The molecule has 0 saturated heterocycles. The minimum Gasteiger partial charge on any atom is -0.296 e. The molecule has 1 amide bonds. The molecular formula is C16H21N3O. The number of benzene rings is 1. The van der Waals surface area contributed by atoms with Crippen molar-refractivity contribution in [2.75, 3.05) is 11.6 Å². The first-order valence-corrected chi connectivity index (χ1v) is 7.01. The van der Waals surface area contributed by atoms with Gasteiger partial charge in [-0.25, -0.2) is 0 Å². The predicted molar refractivity (Wildman–Crippen MR) is 83.7 cm³/mol. The molecule has 1 atom stereocenters. The van der Waals surface area contributed by atoms with Crippen molar-refractivity contribution in [2.24, 2.45) is 16.0 Å². The maximum Gasteiger partial charge on any atom is 0.261 e. The molecule has 0 aliphatic carbocycles. The fourth-order valence-corrected chi connectivity index (χ4v) is 2.10. The van der Waals surface area contributed by atoms with Crippen LogP contribution in [0.25, 0.3) is 0 Å². The number of carbonyl (C=O) groups is 1. The van der Waals surface area contributed by atoms with Crippen molar-refractivity contribution in [3.63, 3.8) is 0 Å². The number of rotatable bonds is 4. The number of anilines is 1. The Balaban J connectivity index is 2.23. The maximum absolute atomic E-state index is 12.4. The summed E-state index contributed by atoms with van der Waals surface area (Å²) in [6, 6.07) is 5.94. The molecule has 106 valence electrons. The van der Waals surface area contributed by atoms with Crippen LogP contribution in [0.4, 0.5) is 5.69 Å². The fourth-order valence-electron chi connectivity index (χ4n) is 2.10. The van der Waals surface area contributed by atoms with Crippen molar-refractivity contribution in [1.29, 1.82) is 0 Å². The van der Waals surface area contributed by atoms with E-state index < -0.39 is 0 Å². The highest BCUT2D eigenvalue weighted by Crippen LogP contribution is 2.25. The molecule has 0 aromatic heterocycles. The molecule has 0 radical (unpaired) electrons. The van der Waals surface area contributed by atoms with Gasteiger partial charge in [-0.15, -0.1) is 0 Å². The zero-order chi connectivity index (χ0) is 14.7. The van der Waals surface area contributed by atoms with Crippen LogP contribution in [0.15, 0.2) is 28.3 Å². The van der Waals surface area contributed by atoms with E-state index >= 15 is 0 Å². The van der Waals surface area contributed by atoms with Crippen LogP contribution in [-0.2, 0) is 4.79 Å². The lowest BCUT2D eigenvalue weighted by Gasteiger charge is -2.14. The van der Waals surface area contributed by atoms with Gasteiger partial charge in [-0.05, 0) is 50.5 Å². The Kier molecular flexibility index (Phi) is 4.32. The van der Waals surface area contributed by atoms with Gasteiger partial charge in [-0.3, -0.25) is 9.79 Å². The summed E-state index contributed by atoms with van der Waals surface area (Å²) in [4.78, 5) is 16.7. The Labute approximate surface area is 120 Å². The van der Waals surface area contributed by atoms with Gasteiger partial charge in [0.15, 0.2) is 0 Å². The summed E-state index contributed by atoms with van der Waals surface area (Å²) in [5, 5.41) is 5.87. The van der Waals surface area contributed by atoms with Gasteiger partial charge >= 0.3 is 0 Å².